The quantitative estimate of drug-likeness (QED) is 0.750. The number of nitrogens with zero attached hydrogens (tertiary/aromatic N) is 1. The van der Waals surface area contributed by atoms with E-state index in [1.807, 2.05) is 12.1 Å². The smallest absolute Gasteiger partial charge is 0.261 e. The number of hydrogen-bond acceptors (Lipinski definition) is 2. The lowest BCUT2D eigenvalue weighted by Crippen LogP contribution is -2.29. The molecule has 0 saturated heterocycles. The van der Waals surface area contributed by atoms with Crippen LogP contribution in [0.2, 0.25) is 0 Å². The molecule has 3 heteroatoms. The molecule has 0 fully saturated rings. The van der Waals surface area contributed by atoms with Crippen LogP contribution in [0.1, 0.15) is 26.3 Å². The van der Waals surface area contributed by atoms with Crippen molar-refractivity contribution in [3.05, 3.63) is 71.3 Å². The van der Waals surface area contributed by atoms with E-state index in [0.29, 0.717) is 17.7 Å². The molecular weight excluding hydrogens is 226 g/mol. The summed E-state index contributed by atoms with van der Waals surface area (Å²) >= 11 is 0. The SMILES string of the molecule is O=C1c2ccccc2C(=O)N1Cc1cc[c]cc1. The minimum absolute atomic E-state index is 0.219. The standard InChI is InChI=1S/C15H10NO2/c17-14-12-8-4-5-9-13(12)15(18)16(14)10-11-6-2-1-3-7-11/h2-9H,10H2. The molecule has 2 aromatic rings. The number of imide groups is 1. The van der Waals surface area contributed by atoms with Crippen LogP contribution >= 0.6 is 0 Å². The Balaban J connectivity index is 1.93. The van der Waals surface area contributed by atoms with E-state index in [0.717, 1.165) is 5.56 Å². The predicted octanol–water partition coefficient (Wildman–Crippen LogP) is 2.28. The number of carbonyl (C=O) groups excluding carboxylic acids is 2. The minimum atomic E-state index is -0.219. The van der Waals surface area contributed by atoms with Crippen LogP contribution in [0.4, 0.5) is 0 Å². The summed E-state index contributed by atoms with van der Waals surface area (Å²) in [6.45, 7) is 0.307. The molecule has 1 heterocycles. The van der Waals surface area contributed by atoms with E-state index in [4.69, 9.17) is 0 Å². The van der Waals surface area contributed by atoms with Crippen molar-refractivity contribution in [2.45, 2.75) is 6.54 Å². The van der Waals surface area contributed by atoms with E-state index < -0.39 is 0 Å². The molecule has 0 unspecified atom stereocenters. The van der Waals surface area contributed by atoms with Crippen molar-refractivity contribution in [1.82, 2.24) is 4.90 Å². The first-order valence-corrected chi connectivity index (χ1v) is 5.67. The first-order chi connectivity index (χ1) is 8.77. The highest BCUT2D eigenvalue weighted by atomic mass is 16.2. The molecule has 18 heavy (non-hydrogen) atoms. The Hall–Kier alpha value is -2.42. The van der Waals surface area contributed by atoms with Gasteiger partial charge in [-0.25, -0.2) is 0 Å². The summed E-state index contributed by atoms with van der Waals surface area (Å²) in [5, 5.41) is 0. The van der Waals surface area contributed by atoms with Gasteiger partial charge in [0.25, 0.3) is 11.8 Å². The molecule has 3 rings (SSSR count). The molecule has 0 atom stereocenters. The van der Waals surface area contributed by atoms with Crippen LogP contribution in [-0.4, -0.2) is 16.7 Å². The van der Waals surface area contributed by atoms with E-state index in [2.05, 4.69) is 6.07 Å². The molecule has 2 aromatic carbocycles. The van der Waals surface area contributed by atoms with Crippen LogP contribution < -0.4 is 0 Å². The summed E-state index contributed by atoms with van der Waals surface area (Å²) < 4.78 is 0. The highest BCUT2D eigenvalue weighted by Gasteiger charge is 2.34. The molecular formula is C15H10NO2. The summed E-state index contributed by atoms with van der Waals surface area (Å²) in [6.07, 6.45) is 0. The van der Waals surface area contributed by atoms with Crippen molar-refractivity contribution < 1.29 is 9.59 Å². The fraction of sp³-hybridized carbons (Fsp3) is 0.0667. The van der Waals surface area contributed by atoms with E-state index >= 15 is 0 Å². The van der Waals surface area contributed by atoms with Crippen LogP contribution in [0.5, 0.6) is 0 Å². The van der Waals surface area contributed by atoms with Crippen LogP contribution in [-0.2, 0) is 6.54 Å². The molecule has 2 amide bonds. The van der Waals surface area contributed by atoms with Gasteiger partial charge in [0, 0.05) is 0 Å². The zero-order valence-corrected chi connectivity index (χ0v) is 9.59. The second-order valence-electron chi connectivity index (χ2n) is 4.15. The van der Waals surface area contributed by atoms with E-state index in [9.17, 15) is 9.59 Å². The molecule has 87 valence electrons. The fourth-order valence-corrected chi connectivity index (χ4v) is 2.09. The van der Waals surface area contributed by atoms with Gasteiger partial charge in [-0.3, -0.25) is 14.5 Å². The third-order valence-corrected chi connectivity index (χ3v) is 3.01. The van der Waals surface area contributed by atoms with Crippen LogP contribution in [0.25, 0.3) is 0 Å². The van der Waals surface area contributed by atoms with Gasteiger partial charge in [-0.1, -0.05) is 36.4 Å². The van der Waals surface area contributed by atoms with Gasteiger partial charge >= 0.3 is 0 Å². The molecule has 0 spiro atoms. The number of rotatable bonds is 2. The van der Waals surface area contributed by atoms with Gasteiger partial charge in [0.15, 0.2) is 0 Å². The highest BCUT2D eigenvalue weighted by molar-refractivity contribution is 6.21. The fourth-order valence-electron chi connectivity index (χ4n) is 2.09. The third kappa shape index (κ3) is 1.61. The molecule has 1 aliphatic rings. The third-order valence-electron chi connectivity index (χ3n) is 3.01. The van der Waals surface area contributed by atoms with Gasteiger partial charge in [-0.2, -0.15) is 0 Å². The Bertz CT molecular complexity index is 584. The second kappa shape index (κ2) is 4.11. The van der Waals surface area contributed by atoms with Crippen LogP contribution in [0, 0.1) is 6.07 Å². The lowest BCUT2D eigenvalue weighted by molar-refractivity contribution is 0.0642. The molecule has 0 saturated carbocycles. The maximum Gasteiger partial charge on any atom is 0.261 e. The topological polar surface area (TPSA) is 37.4 Å². The number of hydrogen-bond donors (Lipinski definition) is 0. The second-order valence-corrected chi connectivity index (χ2v) is 4.15. The maximum absolute atomic E-state index is 12.1. The van der Waals surface area contributed by atoms with Crippen molar-refractivity contribution in [2.24, 2.45) is 0 Å². The number of fused-ring (bicyclic) bond motifs is 1. The number of amides is 2. The van der Waals surface area contributed by atoms with Gasteiger partial charge in [0.2, 0.25) is 0 Å². The molecule has 0 N–H and O–H groups in total. The average Bonchev–Trinajstić information content (AvgIpc) is 2.66. The largest absolute Gasteiger partial charge is 0.270 e. The Kier molecular flexibility index (Phi) is 2.45. The lowest BCUT2D eigenvalue weighted by Gasteiger charge is -2.13. The van der Waals surface area contributed by atoms with Gasteiger partial charge in [0.05, 0.1) is 17.7 Å². The zero-order valence-electron chi connectivity index (χ0n) is 9.59. The van der Waals surface area contributed by atoms with E-state index in [-0.39, 0.29) is 11.8 Å². The van der Waals surface area contributed by atoms with Crippen molar-refractivity contribution in [1.29, 1.82) is 0 Å². The molecule has 0 bridgehead atoms. The molecule has 3 nitrogen and oxygen atoms in total. The molecule has 0 aromatic heterocycles. The Labute approximate surface area is 105 Å². The van der Waals surface area contributed by atoms with E-state index in [1.54, 1.807) is 36.4 Å². The number of benzene rings is 2. The van der Waals surface area contributed by atoms with Crippen molar-refractivity contribution in [2.75, 3.05) is 0 Å². The predicted molar refractivity (Wildman–Crippen MR) is 65.9 cm³/mol. The normalized spacial score (nSPS) is 13.9. The highest BCUT2D eigenvalue weighted by Crippen LogP contribution is 2.23. The summed E-state index contributed by atoms with van der Waals surface area (Å²) in [7, 11) is 0. The Morgan fingerprint density at radius 1 is 0.889 bits per heavy atom. The van der Waals surface area contributed by atoms with E-state index in [1.165, 1.54) is 4.90 Å². The molecule has 1 radical (unpaired) electrons. The minimum Gasteiger partial charge on any atom is -0.270 e. The number of carbonyl (C=O) groups is 2. The summed E-state index contributed by atoms with van der Waals surface area (Å²) in [5.74, 6) is -0.438. The van der Waals surface area contributed by atoms with Crippen molar-refractivity contribution in [3.8, 4) is 0 Å². The van der Waals surface area contributed by atoms with Gasteiger partial charge in [-0.05, 0) is 23.8 Å². The van der Waals surface area contributed by atoms with Crippen LogP contribution in [0.3, 0.4) is 0 Å². The first-order valence-electron chi connectivity index (χ1n) is 5.67. The van der Waals surface area contributed by atoms with Crippen molar-refractivity contribution in [3.63, 3.8) is 0 Å². The van der Waals surface area contributed by atoms with Crippen molar-refractivity contribution >= 4 is 11.8 Å². The summed E-state index contributed by atoms with van der Waals surface area (Å²) in [5.41, 5.74) is 1.90. The summed E-state index contributed by atoms with van der Waals surface area (Å²) in [6, 6.07) is 17.1. The molecule has 0 aliphatic carbocycles. The zero-order chi connectivity index (χ0) is 12.5. The summed E-state index contributed by atoms with van der Waals surface area (Å²) in [4.78, 5) is 25.5. The first kappa shape index (κ1) is 10.7. The lowest BCUT2D eigenvalue weighted by atomic mass is 10.1. The molecule has 1 aliphatic heterocycles. The van der Waals surface area contributed by atoms with Gasteiger partial charge < -0.3 is 0 Å². The van der Waals surface area contributed by atoms with Gasteiger partial charge in [0.1, 0.15) is 0 Å². The van der Waals surface area contributed by atoms with Crippen LogP contribution in [0.15, 0.2) is 48.5 Å². The average molecular weight is 236 g/mol. The maximum atomic E-state index is 12.1. The Morgan fingerprint density at radius 3 is 2.00 bits per heavy atom. The monoisotopic (exact) mass is 236 g/mol. The van der Waals surface area contributed by atoms with Gasteiger partial charge in [-0.15, -0.1) is 0 Å². The Morgan fingerprint density at radius 2 is 1.44 bits per heavy atom.